The third kappa shape index (κ3) is 4.81. The predicted molar refractivity (Wildman–Crippen MR) is 103 cm³/mol. The van der Waals surface area contributed by atoms with Gasteiger partial charge < -0.3 is 10.2 Å². The average Bonchev–Trinajstić information content (AvgIpc) is 2.63. The van der Waals surface area contributed by atoms with Crippen LogP contribution in [-0.4, -0.2) is 28.5 Å². The highest BCUT2D eigenvalue weighted by Gasteiger charge is 2.07. The number of benzene rings is 1. The van der Waals surface area contributed by atoms with E-state index in [4.69, 9.17) is 23.2 Å². The fourth-order valence-corrected chi connectivity index (χ4v) is 2.75. The molecular formula is C18H17Cl2N5. The molecule has 0 amide bonds. The highest BCUT2D eigenvalue weighted by Crippen LogP contribution is 2.27. The van der Waals surface area contributed by atoms with Crippen molar-refractivity contribution in [2.75, 3.05) is 23.8 Å². The van der Waals surface area contributed by atoms with Crippen LogP contribution in [0.15, 0.2) is 55.0 Å². The summed E-state index contributed by atoms with van der Waals surface area (Å²) < 4.78 is 0. The van der Waals surface area contributed by atoms with Gasteiger partial charge in [0.05, 0.1) is 10.7 Å². The molecule has 2 heterocycles. The van der Waals surface area contributed by atoms with Crippen molar-refractivity contribution in [3.05, 3.63) is 70.6 Å². The second kappa shape index (κ2) is 8.14. The summed E-state index contributed by atoms with van der Waals surface area (Å²) in [7, 11) is 2.00. The van der Waals surface area contributed by atoms with Crippen molar-refractivity contribution in [2.24, 2.45) is 0 Å². The van der Waals surface area contributed by atoms with E-state index < -0.39 is 0 Å². The zero-order valence-electron chi connectivity index (χ0n) is 13.7. The number of halogens is 2. The molecule has 1 N–H and O–H groups in total. The number of pyridine rings is 1. The van der Waals surface area contributed by atoms with Gasteiger partial charge in [-0.05, 0) is 48.4 Å². The van der Waals surface area contributed by atoms with Crippen LogP contribution in [0.5, 0.6) is 0 Å². The minimum Gasteiger partial charge on any atom is -0.359 e. The van der Waals surface area contributed by atoms with Crippen molar-refractivity contribution < 1.29 is 0 Å². The summed E-state index contributed by atoms with van der Waals surface area (Å²) >= 11 is 12.1. The van der Waals surface area contributed by atoms with Gasteiger partial charge in [-0.25, -0.2) is 4.98 Å². The lowest BCUT2D eigenvalue weighted by molar-refractivity contribution is 0.855. The Hall–Kier alpha value is -2.37. The van der Waals surface area contributed by atoms with Crippen LogP contribution >= 0.6 is 23.2 Å². The molecule has 0 spiro atoms. The minimum absolute atomic E-state index is 0.484. The first-order chi connectivity index (χ1) is 12.1. The Labute approximate surface area is 156 Å². The summed E-state index contributed by atoms with van der Waals surface area (Å²) in [6.07, 6.45) is 6.24. The molecule has 2 aromatic heterocycles. The molecule has 0 aliphatic rings. The largest absolute Gasteiger partial charge is 0.359 e. The Bertz CT molecular complexity index is 842. The van der Waals surface area contributed by atoms with Gasteiger partial charge in [-0.15, -0.1) is 0 Å². The Morgan fingerprint density at radius 1 is 1.04 bits per heavy atom. The molecule has 3 rings (SSSR count). The van der Waals surface area contributed by atoms with Gasteiger partial charge >= 0.3 is 0 Å². The van der Waals surface area contributed by atoms with E-state index in [9.17, 15) is 0 Å². The Morgan fingerprint density at radius 3 is 2.60 bits per heavy atom. The lowest BCUT2D eigenvalue weighted by atomic mass is 10.2. The summed E-state index contributed by atoms with van der Waals surface area (Å²) in [4.78, 5) is 14.9. The van der Waals surface area contributed by atoms with E-state index in [-0.39, 0.29) is 0 Å². The Kier molecular flexibility index (Phi) is 5.68. The highest BCUT2D eigenvalue weighted by molar-refractivity contribution is 6.36. The monoisotopic (exact) mass is 373 g/mol. The van der Waals surface area contributed by atoms with Crippen LogP contribution in [0.3, 0.4) is 0 Å². The molecule has 0 saturated carbocycles. The molecule has 0 fully saturated rings. The number of nitrogens with one attached hydrogen (secondary N) is 1. The van der Waals surface area contributed by atoms with Gasteiger partial charge in [0, 0.05) is 37.2 Å². The Balaban J connectivity index is 1.68. The SMILES string of the molecule is CN(CCc1ccncc1)c1ccnc(Nc2ccc(Cl)cc2Cl)n1. The van der Waals surface area contributed by atoms with Crippen LogP contribution in [-0.2, 0) is 6.42 Å². The molecule has 3 aromatic rings. The molecule has 0 aliphatic carbocycles. The van der Waals surface area contributed by atoms with Gasteiger partial charge in [-0.2, -0.15) is 4.98 Å². The van der Waals surface area contributed by atoms with Crippen LogP contribution in [0.4, 0.5) is 17.5 Å². The van der Waals surface area contributed by atoms with Gasteiger partial charge in [-0.1, -0.05) is 23.2 Å². The molecule has 0 bridgehead atoms. The quantitative estimate of drug-likeness (QED) is 0.683. The van der Waals surface area contributed by atoms with Crippen LogP contribution in [0.2, 0.25) is 10.0 Å². The maximum atomic E-state index is 6.18. The molecule has 128 valence electrons. The summed E-state index contributed by atoms with van der Waals surface area (Å²) in [5.41, 5.74) is 1.95. The summed E-state index contributed by atoms with van der Waals surface area (Å²) in [6.45, 7) is 0.835. The van der Waals surface area contributed by atoms with E-state index in [2.05, 4.69) is 25.2 Å². The van der Waals surface area contributed by atoms with Crippen molar-refractivity contribution in [1.82, 2.24) is 15.0 Å². The van der Waals surface area contributed by atoms with Crippen molar-refractivity contribution >= 4 is 40.7 Å². The number of hydrogen-bond acceptors (Lipinski definition) is 5. The zero-order chi connectivity index (χ0) is 17.6. The summed E-state index contributed by atoms with van der Waals surface area (Å²) in [5, 5.41) is 4.23. The minimum atomic E-state index is 0.484. The van der Waals surface area contributed by atoms with E-state index in [1.807, 2.05) is 25.2 Å². The zero-order valence-corrected chi connectivity index (χ0v) is 15.2. The Morgan fingerprint density at radius 2 is 1.84 bits per heavy atom. The van der Waals surface area contributed by atoms with Gasteiger partial charge in [0.1, 0.15) is 5.82 Å². The summed E-state index contributed by atoms with van der Waals surface area (Å²) in [5.74, 6) is 1.31. The normalized spacial score (nSPS) is 10.5. The first-order valence-corrected chi connectivity index (χ1v) is 8.52. The number of rotatable bonds is 6. The fraction of sp³-hybridized carbons (Fsp3) is 0.167. The molecule has 0 atom stereocenters. The van der Waals surface area contributed by atoms with E-state index in [1.165, 1.54) is 5.56 Å². The molecule has 5 nitrogen and oxygen atoms in total. The average molecular weight is 374 g/mol. The topological polar surface area (TPSA) is 53.9 Å². The second-order valence-electron chi connectivity index (χ2n) is 5.51. The first kappa shape index (κ1) is 17.5. The molecule has 0 radical (unpaired) electrons. The van der Waals surface area contributed by atoms with Crippen molar-refractivity contribution in [2.45, 2.75) is 6.42 Å². The van der Waals surface area contributed by atoms with Crippen LogP contribution < -0.4 is 10.2 Å². The maximum Gasteiger partial charge on any atom is 0.229 e. The molecular weight excluding hydrogens is 357 g/mol. The van der Waals surface area contributed by atoms with E-state index in [0.717, 1.165) is 18.8 Å². The van der Waals surface area contributed by atoms with Crippen molar-refractivity contribution in [3.8, 4) is 0 Å². The van der Waals surface area contributed by atoms with Gasteiger partial charge in [0.25, 0.3) is 0 Å². The summed E-state index contributed by atoms with van der Waals surface area (Å²) in [6, 6.07) is 11.2. The van der Waals surface area contributed by atoms with Gasteiger partial charge in [-0.3, -0.25) is 4.98 Å². The van der Waals surface area contributed by atoms with Gasteiger partial charge in [0.15, 0.2) is 0 Å². The van der Waals surface area contributed by atoms with Crippen LogP contribution in [0.25, 0.3) is 0 Å². The van der Waals surface area contributed by atoms with Crippen molar-refractivity contribution in [3.63, 3.8) is 0 Å². The van der Waals surface area contributed by atoms with Crippen LogP contribution in [0.1, 0.15) is 5.56 Å². The second-order valence-corrected chi connectivity index (χ2v) is 6.36. The van der Waals surface area contributed by atoms with Crippen molar-refractivity contribution in [1.29, 1.82) is 0 Å². The maximum absolute atomic E-state index is 6.18. The lowest BCUT2D eigenvalue weighted by Crippen LogP contribution is -2.21. The van der Waals surface area contributed by atoms with E-state index in [0.29, 0.717) is 21.7 Å². The number of anilines is 3. The van der Waals surface area contributed by atoms with Gasteiger partial charge in [0.2, 0.25) is 5.95 Å². The molecule has 7 heteroatoms. The van der Waals surface area contributed by atoms with Crippen LogP contribution in [0, 0.1) is 0 Å². The van der Waals surface area contributed by atoms with E-state index in [1.54, 1.807) is 36.8 Å². The molecule has 0 unspecified atom stereocenters. The highest BCUT2D eigenvalue weighted by atomic mass is 35.5. The van der Waals surface area contributed by atoms with E-state index >= 15 is 0 Å². The number of nitrogens with zero attached hydrogens (tertiary/aromatic N) is 4. The first-order valence-electron chi connectivity index (χ1n) is 7.77. The third-order valence-electron chi connectivity index (χ3n) is 3.69. The molecule has 25 heavy (non-hydrogen) atoms. The lowest BCUT2D eigenvalue weighted by Gasteiger charge is -2.18. The fourth-order valence-electron chi connectivity index (χ4n) is 2.29. The molecule has 0 saturated heterocycles. The number of hydrogen-bond donors (Lipinski definition) is 1. The smallest absolute Gasteiger partial charge is 0.229 e. The number of aromatic nitrogens is 3. The molecule has 1 aromatic carbocycles. The predicted octanol–water partition coefficient (Wildman–Crippen LogP) is 4.60. The molecule has 0 aliphatic heterocycles. The standard InChI is InChI=1S/C18H17Cl2N5/c1-25(11-7-13-4-8-21-9-5-13)17-6-10-22-18(24-17)23-16-3-2-14(19)12-15(16)20/h2-6,8-10,12H,7,11H2,1H3,(H,22,23,24). The third-order valence-corrected chi connectivity index (χ3v) is 4.24. The number of likely N-dealkylation sites (N-methyl/N-ethyl adjacent to an activating group) is 1.